The molecule has 0 N–H and O–H groups in total. The lowest BCUT2D eigenvalue weighted by atomic mass is 10.00. The summed E-state index contributed by atoms with van der Waals surface area (Å²) in [7, 11) is 1.77. The van der Waals surface area contributed by atoms with E-state index in [2.05, 4.69) is 6.07 Å². The summed E-state index contributed by atoms with van der Waals surface area (Å²) in [5, 5.41) is 9.74. The molecule has 6 heteroatoms. The second kappa shape index (κ2) is 8.61. The van der Waals surface area contributed by atoms with Crippen molar-refractivity contribution in [1.29, 1.82) is 5.26 Å². The predicted octanol–water partition coefficient (Wildman–Crippen LogP) is 5.23. The van der Waals surface area contributed by atoms with Gasteiger partial charge in [0.25, 0.3) is 0 Å². The number of ether oxygens (including phenoxy) is 2. The number of nitrogens with zero attached hydrogens (tertiary/aromatic N) is 2. The van der Waals surface area contributed by atoms with Gasteiger partial charge in [0.2, 0.25) is 0 Å². The van der Waals surface area contributed by atoms with Gasteiger partial charge in [-0.15, -0.1) is 0 Å². The molecule has 0 fully saturated rings. The Bertz CT molecular complexity index is 1060. The number of hydrogen-bond donors (Lipinski definition) is 0. The maximum absolute atomic E-state index is 13.0. The number of carbonyl (C=O) groups excluding carboxylic acids is 1. The number of halogens is 1. The van der Waals surface area contributed by atoms with E-state index in [1.165, 1.54) is 12.1 Å². The van der Waals surface area contributed by atoms with Gasteiger partial charge in [-0.1, -0.05) is 19.1 Å². The average molecular weight is 392 g/mol. The molecule has 1 aromatic heterocycles. The molecule has 0 aliphatic rings. The smallest absolute Gasteiger partial charge is 0.355 e. The van der Waals surface area contributed by atoms with Gasteiger partial charge in [0, 0.05) is 18.3 Å². The lowest BCUT2D eigenvalue weighted by Crippen LogP contribution is -2.12. The first-order valence-corrected chi connectivity index (χ1v) is 9.32. The SMILES string of the molecule is CCOC(=O)c1c(-c2ccc(Oc3ccc(F)cc3)cc2)c(C#N)c(CC)n1C. The van der Waals surface area contributed by atoms with Gasteiger partial charge in [-0.25, -0.2) is 9.18 Å². The average Bonchev–Trinajstić information content (AvgIpc) is 3.02. The topological polar surface area (TPSA) is 64.2 Å². The molecule has 0 saturated carbocycles. The second-order valence-electron chi connectivity index (χ2n) is 6.37. The summed E-state index contributed by atoms with van der Waals surface area (Å²) in [6.45, 7) is 3.93. The molecule has 0 aliphatic heterocycles. The number of aromatic nitrogens is 1. The molecule has 0 aliphatic carbocycles. The van der Waals surface area contributed by atoms with Crippen LogP contribution >= 0.6 is 0 Å². The van der Waals surface area contributed by atoms with Crippen LogP contribution in [0.15, 0.2) is 48.5 Å². The van der Waals surface area contributed by atoms with Crippen molar-refractivity contribution in [2.75, 3.05) is 6.61 Å². The van der Waals surface area contributed by atoms with Crippen LogP contribution in [-0.2, 0) is 18.2 Å². The zero-order chi connectivity index (χ0) is 21.0. The van der Waals surface area contributed by atoms with Crippen molar-refractivity contribution in [2.24, 2.45) is 7.05 Å². The van der Waals surface area contributed by atoms with Crippen molar-refractivity contribution in [3.63, 3.8) is 0 Å². The number of esters is 1. The largest absolute Gasteiger partial charge is 0.461 e. The Hall–Kier alpha value is -3.59. The van der Waals surface area contributed by atoms with E-state index in [9.17, 15) is 14.4 Å². The van der Waals surface area contributed by atoms with Crippen LogP contribution < -0.4 is 4.74 Å². The Labute approximate surface area is 168 Å². The summed E-state index contributed by atoms with van der Waals surface area (Å²) in [4.78, 5) is 12.6. The van der Waals surface area contributed by atoms with Crippen molar-refractivity contribution < 1.29 is 18.7 Å². The molecule has 0 radical (unpaired) electrons. The van der Waals surface area contributed by atoms with Gasteiger partial charge in [-0.2, -0.15) is 5.26 Å². The van der Waals surface area contributed by atoms with Gasteiger partial charge in [0.15, 0.2) is 0 Å². The number of nitriles is 1. The molecule has 29 heavy (non-hydrogen) atoms. The minimum absolute atomic E-state index is 0.247. The highest BCUT2D eigenvalue weighted by Gasteiger charge is 2.26. The number of carbonyl (C=O) groups is 1. The molecule has 0 unspecified atom stereocenters. The molecule has 2 aromatic carbocycles. The molecule has 0 bridgehead atoms. The molecule has 0 atom stereocenters. The molecule has 0 spiro atoms. The first kappa shape index (κ1) is 20.2. The normalized spacial score (nSPS) is 10.4. The van der Waals surface area contributed by atoms with E-state index in [4.69, 9.17) is 9.47 Å². The molecule has 5 nitrogen and oxygen atoms in total. The van der Waals surface area contributed by atoms with E-state index >= 15 is 0 Å². The van der Waals surface area contributed by atoms with Crippen LogP contribution in [0.5, 0.6) is 11.5 Å². The molecule has 3 rings (SSSR count). The van der Waals surface area contributed by atoms with Crippen LogP contribution in [0.25, 0.3) is 11.1 Å². The minimum atomic E-state index is -0.465. The Morgan fingerprint density at radius 3 is 2.17 bits per heavy atom. The summed E-state index contributed by atoms with van der Waals surface area (Å²) in [5.41, 5.74) is 2.86. The number of hydrogen-bond acceptors (Lipinski definition) is 4. The fraction of sp³-hybridized carbons (Fsp3) is 0.217. The lowest BCUT2D eigenvalue weighted by molar-refractivity contribution is 0.0516. The highest BCUT2D eigenvalue weighted by atomic mass is 19.1. The van der Waals surface area contributed by atoms with Crippen LogP contribution in [0.1, 0.15) is 35.6 Å². The second-order valence-corrected chi connectivity index (χ2v) is 6.37. The van der Waals surface area contributed by atoms with Gasteiger partial charge in [0.05, 0.1) is 12.2 Å². The third-order valence-electron chi connectivity index (χ3n) is 4.62. The lowest BCUT2D eigenvalue weighted by Gasteiger charge is -2.09. The summed E-state index contributed by atoms with van der Waals surface area (Å²) >= 11 is 0. The standard InChI is InChI=1S/C23H21FN2O3/c1-4-20-19(14-25)21(22(26(20)3)23(27)28-5-2)15-6-10-17(11-7-15)29-18-12-8-16(24)9-13-18/h6-13H,4-5H2,1-3H3. The van der Waals surface area contributed by atoms with Crippen LogP contribution in [-0.4, -0.2) is 17.1 Å². The Morgan fingerprint density at radius 2 is 1.66 bits per heavy atom. The fourth-order valence-electron chi connectivity index (χ4n) is 3.32. The van der Waals surface area contributed by atoms with Crippen LogP contribution in [0.2, 0.25) is 0 Å². The third kappa shape index (κ3) is 3.99. The predicted molar refractivity (Wildman–Crippen MR) is 107 cm³/mol. The monoisotopic (exact) mass is 392 g/mol. The van der Waals surface area contributed by atoms with Crippen molar-refractivity contribution in [3.8, 4) is 28.7 Å². The molecular weight excluding hydrogens is 371 g/mol. The molecule has 0 amide bonds. The van der Waals surface area contributed by atoms with Gasteiger partial charge in [-0.3, -0.25) is 0 Å². The van der Waals surface area contributed by atoms with E-state index in [1.807, 2.05) is 6.92 Å². The maximum atomic E-state index is 13.0. The van der Waals surface area contributed by atoms with Gasteiger partial charge >= 0.3 is 5.97 Å². The maximum Gasteiger partial charge on any atom is 0.355 e. The van der Waals surface area contributed by atoms with Crippen LogP contribution in [0.4, 0.5) is 4.39 Å². The van der Waals surface area contributed by atoms with Crippen molar-refractivity contribution in [3.05, 3.63) is 71.3 Å². The highest BCUT2D eigenvalue weighted by molar-refractivity contribution is 5.98. The summed E-state index contributed by atoms with van der Waals surface area (Å²) in [6, 6.07) is 15.0. The zero-order valence-corrected chi connectivity index (χ0v) is 16.5. The number of rotatable bonds is 6. The van der Waals surface area contributed by atoms with E-state index in [0.717, 1.165) is 5.69 Å². The van der Waals surface area contributed by atoms with Crippen LogP contribution in [0.3, 0.4) is 0 Å². The Balaban J connectivity index is 2.02. The highest BCUT2D eigenvalue weighted by Crippen LogP contribution is 2.34. The molecular formula is C23H21FN2O3. The van der Waals surface area contributed by atoms with E-state index < -0.39 is 5.97 Å². The first-order chi connectivity index (χ1) is 14.0. The first-order valence-electron chi connectivity index (χ1n) is 9.32. The van der Waals surface area contributed by atoms with Gasteiger partial charge < -0.3 is 14.0 Å². The molecule has 3 aromatic rings. The Kier molecular flexibility index (Phi) is 5.99. The molecule has 1 heterocycles. The number of benzene rings is 2. The quantitative estimate of drug-likeness (QED) is 0.539. The van der Waals surface area contributed by atoms with Crippen molar-refractivity contribution >= 4 is 5.97 Å². The van der Waals surface area contributed by atoms with Gasteiger partial charge in [0.1, 0.15) is 29.1 Å². The third-order valence-corrected chi connectivity index (χ3v) is 4.62. The summed E-state index contributed by atoms with van der Waals surface area (Å²) < 4.78 is 25.7. The van der Waals surface area contributed by atoms with Crippen molar-refractivity contribution in [2.45, 2.75) is 20.3 Å². The van der Waals surface area contributed by atoms with E-state index in [0.29, 0.717) is 40.3 Å². The molecule has 0 saturated heterocycles. The molecule has 148 valence electrons. The van der Waals surface area contributed by atoms with Crippen LogP contribution in [0, 0.1) is 17.1 Å². The summed E-state index contributed by atoms with van der Waals surface area (Å²) in [6.07, 6.45) is 0.609. The zero-order valence-electron chi connectivity index (χ0n) is 16.5. The van der Waals surface area contributed by atoms with Gasteiger partial charge in [-0.05, 0) is 55.3 Å². The fourth-order valence-corrected chi connectivity index (χ4v) is 3.32. The van der Waals surface area contributed by atoms with E-state index in [1.54, 1.807) is 54.9 Å². The Morgan fingerprint density at radius 1 is 1.07 bits per heavy atom. The minimum Gasteiger partial charge on any atom is -0.461 e. The van der Waals surface area contributed by atoms with Crippen molar-refractivity contribution in [1.82, 2.24) is 4.57 Å². The summed E-state index contributed by atoms with van der Waals surface area (Å²) in [5.74, 6) is 0.270. The van der Waals surface area contributed by atoms with E-state index in [-0.39, 0.29) is 12.4 Å².